The van der Waals surface area contributed by atoms with Gasteiger partial charge < -0.3 is 5.11 Å². The van der Waals surface area contributed by atoms with Crippen molar-refractivity contribution in [2.45, 2.75) is 31.3 Å². The van der Waals surface area contributed by atoms with Gasteiger partial charge in [0.2, 0.25) is 10.0 Å². The fourth-order valence-corrected chi connectivity index (χ4v) is 4.26. The lowest BCUT2D eigenvalue weighted by Crippen LogP contribution is -2.31. The summed E-state index contributed by atoms with van der Waals surface area (Å²) in [6.07, 6.45) is 0.0614. The molecule has 2 atom stereocenters. The van der Waals surface area contributed by atoms with Crippen LogP contribution in [0.25, 0.3) is 0 Å². The van der Waals surface area contributed by atoms with Crippen LogP contribution in [0.4, 0.5) is 5.69 Å². The number of sulfonamides is 1. The molecule has 1 aliphatic heterocycles. The second-order valence-corrected chi connectivity index (χ2v) is 7.27. The van der Waals surface area contributed by atoms with E-state index in [0.717, 1.165) is 0 Å². The van der Waals surface area contributed by atoms with Gasteiger partial charge in [-0.05, 0) is 37.8 Å². The van der Waals surface area contributed by atoms with Gasteiger partial charge >= 0.3 is 0 Å². The number of hydrogen-bond acceptors (Lipinski definition) is 5. The molecule has 0 aliphatic carbocycles. The van der Waals surface area contributed by atoms with Crippen LogP contribution >= 0.6 is 0 Å². The number of benzene rings is 1. The summed E-state index contributed by atoms with van der Waals surface area (Å²) < 4.78 is 26.5. The quantitative estimate of drug-likeness (QED) is 0.666. The summed E-state index contributed by atoms with van der Waals surface area (Å²) in [7, 11) is -3.68. The zero-order valence-corrected chi connectivity index (χ0v) is 12.7. The summed E-state index contributed by atoms with van der Waals surface area (Å²) in [5.74, 6) is -0.0712. The van der Waals surface area contributed by atoms with Gasteiger partial charge in [-0.3, -0.25) is 10.1 Å². The third-order valence-electron chi connectivity index (χ3n) is 3.86. The lowest BCUT2D eigenvalue weighted by Gasteiger charge is -2.18. The summed E-state index contributed by atoms with van der Waals surface area (Å²) in [5, 5.41) is 20.3. The number of nitro benzene ring substituents is 1. The Morgan fingerprint density at radius 1 is 1.48 bits per heavy atom. The minimum Gasteiger partial charge on any atom is -0.393 e. The Hall–Kier alpha value is -1.51. The fourth-order valence-electron chi connectivity index (χ4n) is 2.54. The molecule has 21 heavy (non-hydrogen) atoms. The molecule has 1 aliphatic rings. The molecule has 2 unspecified atom stereocenters. The van der Waals surface area contributed by atoms with E-state index in [9.17, 15) is 23.6 Å². The van der Waals surface area contributed by atoms with Crippen molar-refractivity contribution >= 4 is 15.7 Å². The van der Waals surface area contributed by atoms with E-state index in [1.807, 2.05) is 0 Å². The Labute approximate surface area is 123 Å². The second-order valence-electron chi connectivity index (χ2n) is 5.36. The highest BCUT2D eigenvalue weighted by molar-refractivity contribution is 7.89. The largest absolute Gasteiger partial charge is 0.393 e. The smallest absolute Gasteiger partial charge is 0.269 e. The molecule has 0 bridgehead atoms. The molecule has 0 aromatic heterocycles. The first kappa shape index (κ1) is 15.9. The molecule has 1 saturated heterocycles. The summed E-state index contributed by atoms with van der Waals surface area (Å²) in [5.41, 5.74) is 0.222. The maximum atomic E-state index is 12.6. The molecular weight excluding hydrogens is 296 g/mol. The van der Waals surface area contributed by atoms with Gasteiger partial charge in [0, 0.05) is 25.2 Å². The number of hydrogen-bond donors (Lipinski definition) is 1. The molecule has 1 fully saturated rings. The predicted octanol–water partition coefficient (Wildman–Crippen LogP) is 1.29. The Balaban J connectivity index is 2.31. The van der Waals surface area contributed by atoms with Gasteiger partial charge in [0.1, 0.15) is 0 Å². The minimum atomic E-state index is -3.68. The first-order chi connectivity index (χ1) is 9.73. The molecule has 0 spiro atoms. The van der Waals surface area contributed by atoms with Crippen LogP contribution in [-0.4, -0.2) is 41.9 Å². The van der Waals surface area contributed by atoms with Gasteiger partial charge in [0.25, 0.3) is 5.69 Å². The number of nitrogens with zero attached hydrogens (tertiary/aromatic N) is 2. The number of rotatable bonds is 4. The van der Waals surface area contributed by atoms with Crippen molar-refractivity contribution in [1.29, 1.82) is 0 Å². The van der Waals surface area contributed by atoms with Gasteiger partial charge in [-0.1, -0.05) is 0 Å². The molecule has 0 radical (unpaired) electrons. The van der Waals surface area contributed by atoms with E-state index in [0.29, 0.717) is 18.5 Å². The van der Waals surface area contributed by atoms with E-state index in [1.54, 1.807) is 13.8 Å². The average molecular weight is 314 g/mol. The van der Waals surface area contributed by atoms with E-state index >= 15 is 0 Å². The zero-order valence-electron chi connectivity index (χ0n) is 11.9. The van der Waals surface area contributed by atoms with Crippen molar-refractivity contribution < 1.29 is 18.4 Å². The van der Waals surface area contributed by atoms with E-state index < -0.39 is 21.1 Å². The maximum absolute atomic E-state index is 12.6. The van der Waals surface area contributed by atoms with Gasteiger partial charge in [-0.2, -0.15) is 4.31 Å². The van der Waals surface area contributed by atoms with Crippen molar-refractivity contribution in [2.24, 2.45) is 5.92 Å². The van der Waals surface area contributed by atoms with Crippen LogP contribution in [0.3, 0.4) is 0 Å². The molecular formula is C13H18N2O5S. The number of nitro groups is 1. The van der Waals surface area contributed by atoms with Crippen LogP contribution in [0.5, 0.6) is 0 Å². The molecule has 116 valence electrons. The van der Waals surface area contributed by atoms with Gasteiger partial charge in [-0.15, -0.1) is 0 Å². The van der Waals surface area contributed by atoms with Crippen molar-refractivity contribution in [2.75, 3.05) is 13.1 Å². The topological polar surface area (TPSA) is 101 Å². The lowest BCUT2D eigenvalue weighted by atomic mass is 10.0. The molecule has 1 aromatic rings. The first-order valence-electron chi connectivity index (χ1n) is 6.66. The first-order valence-corrected chi connectivity index (χ1v) is 8.10. The molecule has 7 nitrogen and oxygen atoms in total. The monoisotopic (exact) mass is 314 g/mol. The van der Waals surface area contributed by atoms with E-state index in [-0.39, 0.29) is 23.0 Å². The van der Waals surface area contributed by atoms with Crippen LogP contribution in [0.2, 0.25) is 0 Å². The van der Waals surface area contributed by atoms with Crippen LogP contribution in [-0.2, 0) is 10.0 Å². The number of aliphatic hydroxyl groups excluding tert-OH is 1. The van der Waals surface area contributed by atoms with Crippen molar-refractivity contribution in [1.82, 2.24) is 4.31 Å². The maximum Gasteiger partial charge on any atom is 0.269 e. The predicted molar refractivity (Wildman–Crippen MR) is 76.4 cm³/mol. The van der Waals surface area contributed by atoms with Crippen LogP contribution < -0.4 is 0 Å². The number of aliphatic hydroxyl groups is 1. The highest BCUT2D eigenvalue weighted by atomic mass is 32.2. The number of aryl methyl sites for hydroxylation is 1. The second kappa shape index (κ2) is 5.70. The lowest BCUT2D eigenvalue weighted by molar-refractivity contribution is -0.385. The zero-order chi connectivity index (χ0) is 15.8. The highest BCUT2D eigenvalue weighted by Gasteiger charge is 2.35. The van der Waals surface area contributed by atoms with Crippen LogP contribution in [0.1, 0.15) is 18.9 Å². The highest BCUT2D eigenvalue weighted by Crippen LogP contribution is 2.29. The van der Waals surface area contributed by atoms with Gasteiger partial charge in [-0.25, -0.2) is 8.42 Å². The average Bonchev–Trinajstić information content (AvgIpc) is 2.88. The van der Waals surface area contributed by atoms with E-state index in [4.69, 9.17) is 0 Å². The van der Waals surface area contributed by atoms with Crippen LogP contribution in [0, 0.1) is 23.0 Å². The summed E-state index contributed by atoms with van der Waals surface area (Å²) in [6, 6.07) is 3.73. The molecule has 1 heterocycles. The molecule has 0 amide bonds. The molecule has 1 aromatic carbocycles. The normalized spacial score (nSPS) is 21.4. The fraction of sp³-hybridized carbons (Fsp3) is 0.538. The van der Waals surface area contributed by atoms with E-state index in [2.05, 4.69) is 0 Å². The van der Waals surface area contributed by atoms with Gasteiger partial charge in [0.15, 0.2) is 0 Å². The Morgan fingerprint density at radius 3 is 2.62 bits per heavy atom. The molecule has 8 heteroatoms. The van der Waals surface area contributed by atoms with Crippen molar-refractivity contribution in [3.63, 3.8) is 0 Å². The standard InChI is InChI=1S/C13H18N2O5S/c1-9-7-12(15(17)18)3-4-13(9)21(19,20)14-6-5-11(8-14)10(2)16/h3-4,7,10-11,16H,5-6,8H2,1-2H3. The molecule has 0 saturated carbocycles. The van der Waals surface area contributed by atoms with Crippen molar-refractivity contribution in [3.8, 4) is 0 Å². The SMILES string of the molecule is Cc1cc([N+](=O)[O-])ccc1S(=O)(=O)N1CCC(C(C)O)C1. The Kier molecular flexibility index (Phi) is 4.31. The summed E-state index contributed by atoms with van der Waals surface area (Å²) in [4.78, 5) is 10.2. The third-order valence-corrected chi connectivity index (χ3v) is 5.88. The van der Waals surface area contributed by atoms with Gasteiger partial charge in [0.05, 0.1) is 15.9 Å². The number of non-ortho nitro benzene ring substituents is 1. The molecule has 1 N–H and O–H groups in total. The van der Waals surface area contributed by atoms with Crippen molar-refractivity contribution in [3.05, 3.63) is 33.9 Å². The Morgan fingerprint density at radius 2 is 2.14 bits per heavy atom. The summed E-state index contributed by atoms with van der Waals surface area (Å²) >= 11 is 0. The Bertz CT molecular complexity index is 657. The summed E-state index contributed by atoms with van der Waals surface area (Å²) in [6.45, 7) is 3.82. The van der Waals surface area contributed by atoms with E-state index in [1.165, 1.54) is 22.5 Å². The molecule has 2 rings (SSSR count). The minimum absolute atomic E-state index is 0.0712. The third kappa shape index (κ3) is 3.07. The van der Waals surface area contributed by atoms with Crippen LogP contribution in [0.15, 0.2) is 23.1 Å².